The molecular weight excluding hydrogens is 527 g/mol. The summed E-state index contributed by atoms with van der Waals surface area (Å²) in [5.74, 6) is 0. The maximum atomic E-state index is 5.75. The van der Waals surface area contributed by atoms with Crippen LogP contribution in [0.15, 0.2) is 0 Å². The van der Waals surface area contributed by atoms with Crippen molar-refractivity contribution in [3.05, 3.63) is 0 Å². The lowest BCUT2D eigenvalue weighted by molar-refractivity contribution is 0.254. The van der Waals surface area contributed by atoms with Crippen LogP contribution in [-0.4, -0.2) is 13.2 Å². The summed E-state index contributed by atoms with van der Waals surface area (Å²) in [7, 11) is -1.08. The maximum Gasteiger partial charge on any atom is 0.521 e. The molecule has 0 heterocycles. The second kappa shape index (κ2) is 37.5. The number of hydrogen-bond donors (Lipinski definition) is 0. The highest BCUT2D eigenvalue weighted by atomic mass is 32.4. The standard InChI is InChI=1S/C36H74O2PS/c1-3-5-7-9-11-13-15-17-19-21-23-25-27-29-31-33-35-37-39(40)38-36-34-32-30-28-26-24-22-20-18-16-14-12-10-8-6-4-2/h3-36H2,1-2H3/q+1. The second-order valence-corrected chi connectivity index (χ2v) is 14.4. The lowest BCUT2D eigenvalue weighted by Gasteiger charge is -2.03. The molecule has 0 aliphatic carbocycles. The van der Waals surface area contributed by atoms with E-state index < -0.39 is 7.15 Å². The van der Waals surface area contributed by atoms with Crippen molar-refractivity contribution >= 4 is 19.0 Å². The molecule has 0 rings (SSSR count). The lowest BCUT2D eigenvalue weighted by atomic mass is 10.0. The summed E-state index contributed by atoms with van der Waals surface area (Å²) in [6.07, 6.45) is 44.8. The van der Waals surface area contributed by atoms with Gasteiger partial charge < -0.3 is 0 Å². The predicted octanol–water partition coefficient (Wildman–Crippen LogP) is 14.3. The van der Waals surface area contributed by atoms with Crippen LogP contribution < -0.4 is 0 Å². The zero-order valence-corrected chi connectivity index (χ0v) is 29.4. The van der Waals surface area contributed by atoms with Crippen molar-refractivity contribution in [1.82, 2.24) is 0 Å². The highest BCUT2D eigenvalue weighted by Gasteiger charge is 2.12. The molecule has 0 radical (unpaired) electrons. The number of hydrogen-bond acceptors (Lipinski definition) is 3. The van der Waals surface area contributed by atoms with Crippen LogP contribution in [-0.2, 0) is 20.9 Å². The average molecular weight is 602 g/mol. The van der Waals surface area contributed by atoms with Gasteiger partial charge in [0.25, 0.3) is 0 Å². The maximum absolute atomic E-state index is 5.75. The summed E-state index contributed by atoms with van der Waals surface area (Å²) in [4.78, 5) is 0. The van der Waals surface area contributed by atoms with E-state index in [1.165, 1.54) is 193 Å². The third kappa shape index (κ3) is 36.5. The first-order chi connectivity index (χ1) is 19.8. The highest BCUT2D eigenvalue weighted by Crippen LogP contribution is 2.25. The van der Waals surface area contributed by atoms with Crippen LogP contribution in [0.1, 0.15) is 219 Å². The van der Waals surface area contributed by atoms with Crippen molar-refractivity contribution in [2.75, 3.05) is 13.2 Å². The Morgan fingerprint density at radius 2 is 0.475 bits per heavy atom. The van der Waals surface area contributed by atoms with Crippen molar-refractivity contribution < 1.29 is 9.05 Å². The van der Waals surface area contributed by atoms with E-state index in [1.807, 2.05) is 0 Å². The molecule has 0 atom stereocenters. The van der Waals surface area contributed by atoms with Crippen LogP contribution in [0.25, 0.3) is 0 Å². The molecule has 0 spiro atoms. The minimum absolute atomic E-state index is 0.784. The van der Waals surface area contributed by atoms with Gasteiger partial charge in [0.2, 0.25) is 11.8 Å². The van der Waals surface area contributed by atoms with E-state index in [1.54, 1.807) is 0 Å². The van der Waals surface area contributed by atoms with Crippen LogP contribution >= 0.6 is 7.15 Å². The van der Waals surface area contributed by atoms with Gasteiger partial charge in [-0.1, -0.05) is 206 Å². The van der Waals surface area contributed by atoms with E-state index in [0.29, 0.717) is 0 Å². The molecule has 0 aromatic carbocycles. The van der Waals surface area contributed by atoms with E-state index in [2.05, 4.69) is 13.8 Å². The van der Waals surface area contributed by atoms with Crippen LogP contribution in [0.5, 0.6) is 0 Å². The first kappa shape index (κ1) is 40.4. The Hall–Kier alpha value is 0.440. The molecule has 0 saturated heterocycles. The largest absolute Gasteiger partial charge is 0.521 e. The molecule has 40 heavy (non-hydrogen) atoms. The molecule has 0 unspecified atom stereocenters. The molecule has 4 heteroatoms. The van der Waals surface area contributed by atoms with Crippen molar-refractivity contribution in [3.63, 3.8) is 0 Å². The third-order valence-corrected chi connectivity index (χ3v) is 9.81. The zero-order valence-electron chi connectivity index (χ0n) is 27.7. The molecule has 2 nitrogen and oxygen atoms in total. The van der Waals surface area contributed by atoms with Gasteiger partial charge in [-0.3, -0.25) is 0 Å². The fraction of sp³-hybridized carbons (Fsp3) is 1.00. The molecule has 0 fully saturated rings. The van der Waals surface area contributed by atoms with Gasteiger partial charge in [0.1, 0.15) is 13.2 Å². The molecule has 0 aliphatic rings. The monoisotopic (exact) mass is 602 g/mol. The van der Waals surface area contributed by atoms with Crippen LogP contribution in [0.2, 0.25) is 0 Å². The molecular formula is C36H74O2PS+. The van der Waals surface area contributed by atoms with Crippen LogP contribution in [0.4, 0.5) is 0 Å². The Kier molecular flexibility index (Phi) is 37.9. The summed E-state index contributed by atoms with van der Waals surface area (Å²) in [6.45, 7) is 6.16. The molecule has 240 valence electrons. The third-order valence-electron chi connectivity index (χ3n) is 8.39. The van der Waals surface area contributed by atoms with Gasteiger partial charge >= 0.3 is 7.15 Å². The van der Waals surface area contributed by atoms with Crippen molar-refractivity contribution in [2.45, 2.75) is 219 Å². The summed E-state index contributed by atoms with van der Waals surface area (Å²) in [5, 5.41) is 0. The van der Waals surface area contributed by atoms with E-state index in [0.717, 1.165) is 26.1 Å². The molecule has 0 amide bonds. The fourth-order valence-electron chi connectivity index (χ4n) is 5.62. The minimum atomic E-state index is -1.08. The first-order valence-corrected chi connectivity index (χ1v) is 20.7. The SMILES string of the molecule is CCCCCCCCCCCCCCCCCCO[P+](=S)OCCCCCCCCCCCCCCCCCC. The first-order valence-electron chi connectivity index (χ1n) is 18.5. The summed E-state index contributed by atoms with van der Waals surface area (Å²) in [6, 6.07) is 0. The number of rotatable bonds is 36. The Bertz CT molecular complexity index is 434. The Balaban J connectivity index is 3.14. The Morgan fingerprint density at radius 1 is 0.300 bits per heavy atom. The smallest absolute Gasteiger partial charge is 0.142 e. The molecule has 0 aromatic rings. The van der Waals surface area contributed by atoms with Gasteiger partial charge in [-0.15, -0.1) is 9.05 Å². The normalized spacial score (nSPS) is 11.4. The average Bonchev–Trinajstić information content (AvgIpc) is 2.96. The van der Waals surface area contributed by atoms with Crippen molar-refractivity contribution in [1.29, 1.82) is 0 Å². The van der Waals surface area contributed by atoms with Gasteiger partial charge in [0, 0.05) is 0 Å². The topological polar surface area (TPSA) is 18.5 Å². The molecule has 0 N–H and O–H groups in total. The Morgan fingerprint density at radius 3 is 0.675 bits per heavy atom. The minimum Gasteiger partial charge on any atom is -0.142 e. The molecule has 0 aliphatic heterocycles. The summed E-state index contributed by atoms with van der Waals surface area (Å²) >= 11 is 5.38. The zero-order chi connectivity index (χ0) is 29.0. The molecule has 0 bridgehead atoms. The number of unbranched alkanes of at least 4 members (excludes halogenated alkanes) is 30. The van der Waals surface area contributed by atoms with Gasteiger partial charge in [0.05, 0.1) is 0 Å². The Labute approximate surface area is 259 Å². The van der Waals surface area contributed by atoms with Crippen LogP contribution in [0, 0.1) is 0 Å². The van der Waals surface area contributed by atoms with E-state index >= 15 is 0 Å². The van der Waals surface area contributed by atoms with Gasteiger partial charge in [-0.25, -0.2) is 0 Å². The van der Waals surface area contributed by atoms with Crippen LogP contribution in [0.3, 0.4) is 0 Å². The van der Waals surface area contributed by atoms with Crippen molar-refractivity contribution in [3.8, 4) is 0 Å². The molecule has 0 saturated carbocycles. The van der Waals surface area contributed by atoms with Gasteiger partial charge in [-0.2, -0.15) is 0 Å². The fourth-order valence-corrected chi connectivity index (χ4v) is 6.69. The molecule has 0 aromatic heterocycles. The lowest BCUT2D eigenvalue weighted by Crippen LogP contribution is -1.92. The highest BCUT2D eigenvalue weighted by molar-refractivity contribution is 8.00. The quantitative estimate of drug-likeness (QED) is 0.0525. The second-order valence-electron chi connectivity index (χ2n) is 12.5. The van der Waals surface area contributed by atoms with E-state index in [-0.39, 0.29) is 0 Å². The van der Waals surface area contributed by atoms with Gasteiger partial charge in [0.15, 0.2) is 0 Å². The summed E-state index contributed by atoms with van der Waals surface area (Å²) < 4.78 is 11.5. The predicted molar refractivity (Wildman–Crippen MR) is 185 cm³/mol. The van der Waals surface area contributed by atoms with E-state index in [9.17, 15) is 0 Å². The van der Waals surface area contributed by atoms with E-state index in [4.69, 9.17) is 20.9 Å². The summed E-state index contributed by atoms with van der Waals surface area (Å²) in [5.41, 5.74) is 0. The van der Waals surface area contributed by atoms with Crippen molar-refractivity contribution in [2.24, 2.45) is 0 Å². The van der Waals surface area contributed by atoms with Gasteiger partial charge in [-0.05, 0) is 12.8 Å².